The molecule has 0 unspecified atom stereocenters. The molecular weight excluding hydrogens is 326 g/mol. The van der Waals surface area contributed by atoms with Crippen LogP contribution in [-0.2, 0) is 6.54 Å². The van der Waals surface area contributed by atoms with Gasteiger partial charge in [0.15, 0.2) is 0 Å². The third kappa shape index (κ3) is 5.16. The quantitative estimate of drug-likeness (QED) is 0.740. The summed E-state index contributed by atoms with van der Waals surface area (Å²) >= 11 is 0. The molecule has 6 nitrogen and oxygen atoms in total. The Balaban J connectivity index is 1.43. The Hall–Kier alpha value is -2.18. The molecule has 1 saturated heterocycles. The van der Waals surface area contributed by atoms with Crippen molar-refractivity contribution in [3.8, 4) is 0 Å². The summed E-state index contributed by atoms with van der Waals surface area (Å²) in [4.78, 5) is 14.7. The average Bonchev–Trinajstić information content (AvgIpc) is 2.97. The van der Waals surface area contributed by atoms with Crippen LogP contribution in [0.1, 0.15) is 33.7 Å². The van der Waals surface area contributed by atoms with E-state index in [1.807, 2.05) is 35.9 Å². The van der Waals surface area contributed by atoms with Crippen molar-refractivity contribution in [2.24, 2.45) is 0 Å². The molecule has 0 spiro atoms. The molecule has 6 heteroatoms. The maximum absolute atomic E-state index is 12.3. The molecule has 2 aromatic rings. The Morgan fingerprint density at radius 3 is 2.58 bits per heavy atom. The van der Waals surface area contributed by atoms with Gasteiger partial charge in [-0.15, -0.1) is 0 Å². The molecule has 0 radical (unpaired) electrons. The highest BCUT2D eigenvalue weighted by molar-refractivity contribution is 5.94. The van der Waals surface area contributed by atoms with Gasteiger partial charge in [0, 0.05) is 44.0 Å². The van der Waals surface area contributed by atoms with Gasteiger partial charge < -0.3 is 15.5 Å². The third-order valence-corrected chi connectivity index (χ3v) is 4.80. The van der Waals surface area contributed by atoms with E-state index in [0.29, 0.717) is 5.56 Å². The zero-order valence-corrected chi connectivity index (χ0v) is 15.8. The average molecular weight is 355 g/mol. The van der Waals surface area contributed by atoms with Gasteiger partial charge in [0.05, 0.1) is 12.2 Å². The topological polar surface area (TPSA) is 62.2 Å². The summed E-state index contributed by atoms with van der Waals surface area (Å²) in [7, 11) is 0. The molecule has 1 fully saturated rings. The molecule has 1 aliphatic heterocycles. The fourth-order valence-electron chi connectivity index (χ4n) is 3.31. The number of hydrogen-bond acceptors (Lipinski definition) is 4. The predicted molar refractivity (Wildman–Crippen MR) is 104 cm³/mol. The molecule has 0 bridgehead atoms. The first-order valence-electron chi connectivity index (χ1n) is 9.43. The number of nitrogens with zero attached hydrogens (tertiary/aromatic N) is 3. The van der Waals surface area contributed by atoms with Crippen molar-refractivity contribution >= 4 is 5.91 Å². The maximum atomic E-state index is 12.3. The summed E-state index contributed by atoms with van der Waals surface area (Å²) in [6.45, 7) is 10.9. The van der Waals surface area contributed by atoms with E-state index in [0.717, 1.165) is 69.2 Å². The van der Waals surface area contributed by atoms with Crippen molar-refractivity contribution in [1.82, 2.24) is 25.3 Å². The number of aryl methyl sites for hydroxylation is 2. The third-order valence-electron chi connectivity index (χ3n) is 4.80. The number of nitrogens with one attached hydrogen (secondary N) is 2. The van der Waals surface area contributed by atoms with E-state index in [4.69, 9.17) is 0 Å². The minimum absolute atomic E-state index is 0.00275. The highest BCUT2D eigenvalue weighted by atomic mass is 16.1. The minimum Gasteiger partial charge on any atom is -0.352 e. The van der Waals surface area contributed by atoms with E-state index in [1.54, 1.807) is 0 Å². The summed E-state index contributed by atoms with van der Waals surface area (Å²) in [6, 6.07) is 9.87. The Morgan fingerprint density at radius 2 is 1.92 bits per heavy atom. The molecule has 140 valence electrons. The van der Waals surface area contributed by atoms with E-state index >= 15 is 0 Å². The number of piperazine rings is 1. The molecule has 1 aromatic carbocycles. The van der Waals surface area contributed by atoms with Gasteiger partial charge in [-0.05, 0) is 50.6 Å². The summed E-state index contributed by atoms with van der Waals surface area (Å²) in [6.07, 6.45) is 0.988. The van der Waals surface area contributed by atoms with E-state index in [1.165, 1.54) is 0 Å². The standard InChI is InChI=1S/C20H29N5O/c1-16-14-17(2)25(23-16)15-18-4-6-19(7-5-18)20(26)22-8-3-11-24-12-9-21-10-13-24/h4-7,14,21H,3,8-13,15H2,1-2H3,(H,22,26). The summed E-state index contributed by atoms with van der Waals surface area (Å²) in [5.41, 5.74) is 4.03. The first kappa shape index (κ1) is 18.6. The number of amides is 1. The minimum atomic E-state index is 0.00275. The second-order valence-corrected chi connectivity index (χ2v) is 6.98. The van der Waals surface area contributed by atoms with Crippen LogP contribution in [0.5, 0.6) is 0 Å². The molecule has 26 heavy (non-hydrogen) atoms. The van der Waals surface area contributed by atoms with Gasteiger partial charge in [-0.3, -0.25) is 9.48 Å². The molecule has 1 aliphatic rings. The van der Waals surface area contributed by atoms with Crippen LogP contribution < -0.4 is 10.6 Å². The second-order valence-electron chi connectivity index (χ2n) is 6.98. The van der Waals surface area contributed by atoms with Crippen molar-refractivity contribution in [2.45, 2.75) is 26.8 Å². The molecule has 0 atom stereocenters. The molecular formula is C20H29N5O. The number of aromatic nitrogens is 2. The van der Waals surface area contributed by atoms with Gasteiger partial charge in [0.25, 0.3) is 5.91 Å². The lowest BCUT2D eigenvalue weighted by molar-refractivity contribution is 0.0951. The number of carbonyl (C=O) groups excluding carboxylic acids is 1. The van der Waals surface area contributed by atoms with E-state index in [2.05, 4.69) is 33.6 Å². The van der Waals surface area contributed by atoms with Crippen LogP contribution in [-0.4, -0.2) is 59.9 Å². The lowest BCUT2D eigenvalue weighted by Gasteiger charge is -2.27. The van der Waals surface area contributed by atoms with Gasteiger partial charge in [-0.1, -0.05) is 12.1 Å². The molecule has 2 N–H and O–H groups in total. The van der Waals surface area contributed by atoms with Crippen molar-refractivity contribution in [1.29, 1.82) is 0 Å². The lowest BCUT2D eigenvalue weighted by Crippen LogP contribution is -2.44. The van der Waals surface area contributed by atoms with Crippen LogP contribution in [0.25, 0.3) is 0 Å². The SMILES string of the molecule is Cc1cc(C)n(Cc2ccc(C(=O)NCCCN3CCNCC3)cc2)n1. The molecule has 1 aromatic heterocycles. The number of rotatable bonds is 7. The van der Waals surface area contributed by atoms with Crippen molar-refractivity contribution in [3.63, 3.8) is 0 Å². The Kier molecular flexibility index (Phi) is 6.41. The fraction of sp³-hybridized carbons (Fsp3) is 0.500. The van der Waals surface area contributed by atoms with Crippen molar-refractivity contribution in [3.05, 3.63) is 52.8 Å². The summed E-state index contributed by atoms with van der Waals surface area (Å²) in [5.74, 6) is 0.00275. The van der Waals surface area contributed by atoms with Gasteiger partial charge in [0.1, 0.15) is 0 Å². The van der Waals surface area contributed by atoms with E-state index < -0.39 is 0 Å². The Morgan fingerprint density at radius 1 is 1.19 bits per heavy atom. The van der Waals surface area contributed by atoms with Gasteiger partial charge in [-0.25, -0.2) is 0 Å². The van der Waals surface area contributed by atoms with Crippen molar-refractivity contribution < 1.29 is 4.79 Å². The predicted octanol–water partition coefficient (Wildman–Crippen LogP) is 1.57. The molecule has 0 aliphatic carbocycles. The zero-order valence-electron chi connectivity index (χ0n) is 15.8. The summed E-state index contributed by atoms with van der Waals surface area (Å²) < 4.78 is 1.99. The Labute approximate surface area is 155 Å². The second kappa shape index (κ2) is 8.96. The molecule has 1 amide bonds. The van der Waals surface area contributed by atoms with E-state index in [9.17, 15) is 4.79 Å². The fourth-order valence-corrected chi connectivity index (χ4v) is 3.31. The molecule has 3 rings (SSSR count). The van der Waals surface area contributed by atoms with E-state index in [-0.39, 0.29) is 5.91 Å². The Bertz CT molecular complexity index is 716. The van der Waals surface area contributed by atoms with Crippen LogP contribution in [0.3, 0.4) is 0 Å². The van der Waals surface area contributed by atoms with Crippen LogP contribution in [0.2, 0.25) is 0 Å². The number of hydrogen-bond donors (Lipinski definition) is 2. The van der Waals surface area contributed by atoms with Crippen LogP contribution in [0, 0.1) is 13.8 Å². The first-order chi connectivity index (χ1) is 12.6. The maximum Gasteiger partial charge on any atom is 0.251 e. The van der Waals surface area contributed by atoms with Gasteiger partial charge in [-0.2, -0.15) is 5.10 Å². The smallest absolute Gasteiger partial charge is 0.251 e. The highest BCUT2D eigenvalue weighted by Gasteiger charge is 2.10. The van der Waals surface area contributed by atoms with Crippen LogP contribution in [0.4, 0.5) is 0 Å². The zero-order chi connectivity index (χ0) is 18.4. The lowest BCUT2D eigenvalue weighted by atomic mass is 10.1. The number of carbonyl (C=O) groups is 1. The molecule has 2 heterocycles. The highest BCUT2D eigenvalue weighted by Crippen LogP contribution is 2.09. The monoisotopic (exact) mass is 355 g/mol. The van der Waals surface area contributed by atoms with Crippen LogP contribution in [0.15, 0.2) is 30.3 Å². The van der Waals surface area contributed by atoms with Crippen LogP contribution >= 0.6 is 0 Å². The normalized spacial score (nSPS) is 15.2. The van der Waals surface area contributed by atoms with Gasteiger partial charge in [0.2, 0.25) is 0 Å². The first-order valence-corrected chi connectivity index (χ1v) is 9.43. The number of benzene rings is 1. The molecule has 0 saturated carbocycles. The summed E-state index contributed by atoms with van der Waals surface area (Å²) in [5, 5.41) is 10.9. The van der Waals surface area contributed by atoms with Crippen molar-refractivity contribution in [2.75, 3.05) is 39.3 Å². The largest absolute Gasteiger partial charge is 0.352 e. The van der Waals surface area contributed by atoms with Gasteiger partial charge >= 0.3 is 0 Å².